The third kappa shape index (κ3) is 5.19. The highest BCUT2D eigenvalue weighted by Gasteiger charge is 2.10. The first-order valence-corrected chi connectivity index (χ1v) is 5.56. The van der Waals surface area contributed by atoms with E-state index < -0.39 is 0 Å². The summed E-state index contributed by atoms with van der Waals surface area (Å²) in [6.07, 6.45) is 0. The fourth-order valence-electron chi connectivity index (χ4n) is 1.12. The normalized spacial score (nSPS) is 10.9. The Kier molecular flexibility index (Phi) is 6.83. The highest BCUT2D eigenvalue weighted by atomic mass is 127. The number of halogens is 1. The van der Waals surface area contributed by atoms with Crippen LogP contribution in [-0.4, -0.2) is 34.2 Å². The number of hydrogen-bond donors (Lipinski definition) is 0. The van der Waals surface area contributed by atoms with Gasteiger partial charge in [-0.25, -0.2) is 0 Å². The molecule has 1 rings (SSSR count). The minimum atomic E-state index is 0. The molecule has 0 bridgehead atoms. The summed E-state index contributed by atoms with van der Waals surface area (Å²) in [6, 6.07) is 8.61. The molecule has 0 aliphatic rings. The summed E-state index contributed by atoms with van der Waals surface area (Å²) in [5.41, 5.74) is 1.31. The number of nitrogens with zero attached hydrogens (tertiary/aromatic N) is 1. The lowest BCUT2D eigenvalue weighted by Gasteiger charge is -2.23. The van der Waals surface area contributed by atoms with Crippen molar-refractivity contribution in [3.05, 3.63) is 24.3 Å². The van der Waals surface area contributed by atoms with Crippen LogP contribution in [0, 0.1) is 0 Å². The van der Waals surface area contributed by atoms with Gasteiger partial charge in [0, 0.05) is 24.1 Å². The number of ether oxygens (including phenoxy) is 1. The molecule has 0 saturated carbocycles. The summed E-state index contributed by atoms with van der Waals surface area (Å²) >= 11 is 1.71. The largest absolute Gasteiger partial charge is 1.00 e. The second kappa shape index (κ2) is 6.73. The van der Waals surface area contributed by atoms with E-state index in [1.165, 1.54) is 10.6 Å². The first-order valence-electron chi connectivity index (χ1n) is 4.58. The average molecular weight is 339 g/mol. The van der Waals surface area contributed by atoms with Gasteiger partial charge in [0.25, 0.3) is 0 Å². The quantitative estimate of drug-likeness (QED) is 0.319. The Morgan fingerprint density at radius 3 is 2.07 bits per heavy atom. The maximum Gasteiger partial charge on any atom is 0.132 e. The van der Waals surface area contributed by atoms with Crippen LogP contribution in [0.5, 0.6) is 0 Å². The topological polar surface area (TPSA) is 9.23 Å². The zero-order chi connectivity index (χ0) is 10.6. The minimum absolute atomic E-state index is 0. The van der Waals surface area contributed by atoms with Crippen molar-refractivity contribution in [3.63, 3.8) is 0 Å². The van der Waals surface area contributed by atoms with E-state index in [0.29, 0.717) is 5.94 Å². The monoisotopic (exact) mass is 339 g/mol. The van der Waals surface area contributed by atoms with Crippen molar-refractivity contribution in [2.75, 3.05) is 34.2 Å². The third-order valence-electron chi connectivity index (χ3n) is 1.95. The molecule has 0 unspecified atom stereocenters. The van der Waals surface area contributed by atoms with E-state index in [9.17, 15) is 0 Å². The predicted octanol–water partition coefficient (Wildman–Crippen LogP) is -0.417. The van der Waals surface area contributed by atoms with Gasteiger partial charge in [-0.2, -0.15) is 0 Å². The smallest absolute Gasteiger partial charge is 0.132 e. The van der Waals surface area contributed by atoms with Crippen molar-refractivity contribution in [1.82, 2.24) is 4.48 Å². The molecule has 0 aromatic heterocycles. The van der Waals surface area contributed by atoms with Crippen LogP contribution in [0.15, 0.2) is 29.2 Å². The molecule has 0 aliphatic carbocycles. The van der Waals surface area contributed by atoms with Gasteiger partial charge in [-0.05, 0) is 12.1 Å². The van der Waals surface area contributed by atoms with Crippen molar-refractivity contribution >= 4 is 17.4 Å². The molecule has 1 aromatic carbocycles. The summed E-state index contributed by atoms with van der Waals surface area (Å²) in [4.78, 5) is 1.25. The van der Waals surface area contributed by atoms with Crippen molar-refractivity contribution in [2.24, 2.45) is 0 Å². The number of rotatable bonds is 4. The van der Waals surface area contributed by atoms with Crippen LogP contribution in [0.4, 0.5) is 5.69 Å². The molecule has 2 nitrogen and oxygen atoms in total. The molecule has 0 N–H and O–H groups in total. The van der Waals surface area contributed by atoms with Gasteiger partial charge in [-0.15, -0.1) is 0 Å². The van der Waals surface area contributed by atoms with E-state index in [4.69, 9.17) is 4.74 Å². The third-order valence-corrected chi connectivity index (χ3v) is 2.91. The molecular formula is C11H18INOS. The van der Waals surface area contributed by atoms with Gasteiger partial charge in [0.1, 0.15) is 5.69 Å². The van der Waals surface area contributed by atoms with Crippen LogP contribution in [0.2, 0.25) is 0 Å². The number of hydrogen-bond acceptors (Lipinski definition) is 2. The molecule has 0 aliphatic heterocycles. The molecule has 0 spiro atoms. The Morgan fingerprint density at radius 2 is 1.67 bits per heavy atom. The zero-order valence-corrected chi connectivity index (χ0v) is 12.6. The standard InChI is InChI=1S/C11H18NOS.HI/c1-12(2,3)10-5-7-11(8-6-10)14-9-13-4;/h5-8H,9H2,1-4H3;1H/q+1;/p-1. The highest BCUT2D eigenvalue weighted by Crippen LogP contribution is 2.23. The molecule has 0 saturated heterocycles. The first-order chi connectivity index (χ1) is 6.54. The van der Waals surface area contributed by atoms with Crippen molar-refractivity contribution < 1.29 is 28.7 Å². The van der Waals surface area contributed by atoms with Crippen molar-refractivity contribution in [3.8, 4) is 0 Å². The Balaban J connectivity index is 0.00000196. The van der Waals surface area contributed by atoms with Crippen LogP contribution in [-0.2, 0) is 4.74 Å². The summed E-state index contributed by atoms with van der Waals surface area (Å²) in [6.45, 7) is 0. The Hall–Kier alpha value is 0.220. The van der Waals surface area contributed by atoms with Crippen molar-refractivity contribution in [2.45, 2.75) is 4.90 Å². The van der Waals surface area contributed by atoms with Crippen LogP contribution in [0.1, 0.15) is 0 Å². The highest BCUT2D eigenvalue weighted by molar-refractivity contribution is 7.99. The maximum absolute atomic E-state index is 5.00. The molecule has 1 aromatic rings. The van der Waals surface area contributed by atoms with Gasteiger partial charge in [0.15, 0.2) is 0 Å². The Bertz CT molecular complexity index is 282. The van der Waals surface area contributed by atoms with E-state index >= 15 is 0 Å². The number of benzene rings is 1. The van der Waals surface area contributed by atoms with Gasteiger partial charge in [0.2, 0.25) is 0 Å². The second-order valence-corrected chi connectivity index (χ2v) is 5.05. The van der Waals surface area contributed by atoms with Gasteiger partial charge < -0.3 is 28.7 Å². The van der Waals surface area contributed by atoms with E-state index in [0.717, 1.165) is 4.48 Å². The molecule has 0 atom stereocenters. The number of quaternary nitrogens is 1. The van der Waals surface area contributed by atoms with Crippen LogP contribution in [0.3, 0.4) is 0 Å². The SMILES string of the molecule is COCSc1ccc([N+](C)(C)C)cc1.[I-]. The lowest BCUT2D eigenvalue weighted by molar-refractivity contribution is -0.00000338. The Labute approximate surface area is 114 Å². The summed E-state index contributed by atoms with van der Waals surface area (Å²) in [5.74, 6) is 0.712. The average Bonchev–Trinajstić information content (AvgIpc) is 2.14. The fourth-order valence-corrected chi connectivity index (χ4v) is 1.70. The molecule has 0 radical (unpaired) electrons. The molecule has 4 heteroatoms. The molecule has 15 heavy (non-hydrogen) atoms. The summed E-state index contributed by atoms with van der Waals surface area (Å²) < 4.78 is 5.86. The van der Waals surface area contributed by atoms with Gasteiger partial charge in [-0.3, -0.25) is 4.48 Å². The molecule has 0 fully saturated rings. The van der Waals surface area contributed by atoms with E-state index in [1.54, 1.807) is 18.9 Å². The summed E-state index contributed by atoms with van der Waals surface area (Å²) in [7, 11) is 8.21. The van der Waals surface area contributed by atoms with Crippen LogP contribution in [0.25, 0.3) is 0 Å². The molecule has 0 amide bonds. The molecule has 86 valence electrons. The zero-order valence-electron chi connectivity index (χ0n) is 9.66. The lowest BCUT2D eigenvalue weighted by Crippen LogP contribution is -3.00. The molecular weight excluding hydrogens is 321 g/mol. The number of methoxy groups -OCH3 is 1. The minimum Gasteiger partial charge on any atom is -1.00 e. The second-order valence-electron chi connectivity index (χ2n) is 4.06. The number of thioether (sulfide) groups is 1. The van der Waals surface area contributed by atoms with Crippen LogP contribution < -0.4 is 28.5 Å². The van der Waals surface area contributed by atoms with E-state index in [2.05, 4.69) is 45.4 Å². The van der Waals surface area contributed by atoms with Crippen molar-refractivity contribution in [1.29, 1.82) is 0 Å². The van der Waals surface area contributed by atoms with E-state index in [-0.39, 0.29) is 24.0 Å². The van der Waals surface area contributed by atoms with Gasteiger partial charge in [-0.1, -0.05) is 11.8 Å². The van der Waals surface area contributed by atoms with Gasteiger partial charge >= 0.3 is 0 Å². The Morgan fingerprint density at radius 1 is 1.13 bits per heavy atom. The first kappa shape index (κ1) is 15.2. The van der Waals surface area contributed by atoms with Crippen LogP contribution >= 0.6 is 11.8 Å². The predicted molar refractivity (Wildman–Crippen MR) is 63.7 cm³/mol. The van der Waals surface area contributed by atoms with E-state index in [1.807, 2.05) is 0 Å². The van der Waals surface area contributed by atoms with Gasteiger partial charge in [0.05, 0.1) is 27.1 Å². The summed E-state index contributed by atoms with van der Waals surface area (Å²) in [5, 5.41) is 0. The maximum atomic E-state index is 5.00. The lowest BCUT2D eigenvalue weighted by atomic mass is 10.3. The molecule has 0 heterocycles. The fraction of sp³-hybridized carbons (Fsp3) is 0.455.